The fourth-order valence-electron chi connectivity index (χ4n) is 6.20. The first kappa shape index (κ1) is 19.0. The Morgan fingerprint density at radius 3 is 2.74 bits per heavy atom. The second-order valence-corrected chi connectivity index (χ2v) is 8.51. The van der Waals surface area contributed by atoms with E-state index in [9.17, 15) is 0 Å². The molecule has 1 saturated carbocycles. The normalized spacial score (nSPS) is 29.2. The van der Waals surface area contributed by atoms with Gasteiger partial charge in [-0.15, -0.1) is 17.0 Å². The van der Waals surface area contributed by atoms with Crippen LogP contribution in [0.25, 0.3) is 0 Å². The van der Waals surface area contributed by atoms with Crippen LogP contribution in [0.5, 0.6) is 5.75 Å². The highest BCUT2D eigenvalue weighted by molar-refractivity contribution is 8.93. The molecular weight excluding hydrogens is 398 g/mol. The molecule has 2 nitrogen and oxygen atoms in total. The summed E-state index contributed by atoms with van der Waals surface area (Å²) >= 11 is 0. The maximum Gasteiger partial charge on any atom is 0.119 e. The molecule has 2 fully saturated rings. The van der Waals surface area contributed by atoms with Gasteiger partial charge in [0, 0.05) is 18.0 Å². The first-order chi connectivity index (χ1) is 12.8. The zero-order chi connectivity index (χ0) is 17.6. The van der Waals surface area contributed by atoms with Crippen LogP contribution in [0.1, 0.15) is 48.8 Å². The van der Waals surface area contributed by atoms with Gasteiger partial charge in [0.2, 0.25) is 0 Å². The lowest BCUT2D eigenvalue weighted by Gasteiger charge is -2.59. The molecule has 1 saturated heterocycles. The Bertz CT molecular complexity index is 792. The third-order valence-electron chi connectivity index (χ3n) is 7.39. The van der Waals surface area contributed by atoms with E-state index in [1.807, 2.05) is 0 Å². The van der Waals surface area contributed by atoms with E-state index < -0.39 is 0 Å². The van der Waals surface area contributed by atoms with Crippen LogP contribution in [0.3, 0.4) is 0 Å². The second-order valence-electron chi connectivity index (χ2n) is 8.51. The summed E-state index contributed by atoms with van der Waals surface area (Å²) in [5.74, 6) is 1.85. The summed E-state index contributed by atoms with van der Waals surface area (Å²) in [7, 11) is 1.80. The van der Waals surface area contributed by atoms with Gasteiger partial charge in [-0.25, -0.2) is 0 Å². The van der Waals surface area contributed by atoms with Crippen molar-refractivity contribution in [3.63, 3.8) is 0 Å². The number of piperidine rings is 1. The van der Waals surface area contributed by atoms with Crippen LogP contribution in [0.15, 0.2) is 48.5 Å². The number of likely N-dealkylation sites (tertiary alicyclic amines) is 1. The van der Waals surface area contributed by atoms with Crippen molar-refractivity contribution in [2.45, 2.75) is 56.5 Å². The fourth-order valence-corrected chi connectivity index (χ4v) is 6.20. The molecule has 1 heterocycles. The zero-order valence-electron chi connectivity index (χ0n) is 16.2. The van der Waals surface area contributed by atoms with Crippen molar-refractivity contribution in [3.05, 3.63) is 65.2 Å². The van der Waals surface area contributed by atoms with Crippen LogP contribution < -0.4 is 4.74 Å². The molecule has 3 aliphatic rings. The molecule has 2 aromatic rings. The van der Waals surface area contributed by atoms with Gasteiger partial charge in [0.1, 0.15) is 5.75 Å². The Hall–Kier alpha value is -1.32. The minimum absolute atomic E-state index is 0. The molecular formula is C24H30BrNO. The van der Waals surface area contributed by atoms with Gasteiger partial charge in [-0.1, -0.05) is 49.2 Å². The Labute approximate surface area is 173 Å². The number of hydrogen-bond acceptors (Lipinski definition) is 2. The van der Waals surface area contributed by atoms with Crippen molar-refractivity contribution >= 4 is 17.0 Å². The Balaban J connectivity index is 0.00000180. The fraction of sp³-hybridized carbons (Fsp3) is 0.500. The van der Waals surface area contributed by atoms with E-state index in [4.69, 9.17) is 4.74 Å². The van der Waals surface area contributed by atoms with Gasteiger partial charge in [0.15, 0.2) is 0 Å². The van der Waals surface area contributed by atoms with Crippen LogP contribution >= 0.6 is 17.0 Å². The number of rotatable bonds is 3. The number of nitrogens with zero attached hydrogens (tertiary/aromatic N) is 1. The number of halogens is 1. The van der Waals surface area contributed by atoms with Gasteiger partial charge in [-0.3, -0.25) is 4.90 Å². The molecule has 144 valence electrons. The van der Waals surface area contributed by atoms with Gasteiger partial charge in [-0.05, 0) is 67.0 Å². The van der Waals surface area contributed by atoms with E-state index in [1.165, 1.54) is 50.6 Å². The number of hydrogen-bond donors (Lipinski definition) is 0. The molecule has 3 atom stereocenters. The van der Waals surface area contributed by atoms with Crippen molar-refractivity contribution in [1.82, 2.24) is 4.90 Å². The molecule has 5 rings (SSSR count). The van der Waals surface area contributed by atoms with Crippen LogP contribution in [0, 0.1) is 5.92 Å². The first-order valence-electron chi connectivity index (χ1n) is 10.3. The van der Waals surface area contributed by atoms with Crippen molar-refractivity contribution in [1.29, 1.82) is 0 Å². The van der Waals surface area contributed by atoms with Crippen molar-refractivity contribution in [2.24, 2.45) is 5.92 Å². The summed E-state index contributed by atoms with van der Waals surface area (Å²) in [6.07, 6.45) is 8.07. The second kappa shape index (κ2) is 7.60. The molecule has 0 unspecified atom stereocenters. The van der Waals surface area contributed by atoms with Gasteiger partial charge < -0.3 is 4.74 Å². The lowest BCUT2D eigenvalue weighted by Crippen LogP contribution is -2.60. The summed E-state index contributed by atoms with van der Waals surface area (Å²) in [4.78, 5) is 2.79. The maximum absolute atomic E-state index is 5.58. The predicted octanol–water partition coefficient (Wildman–Crippen LogP) is 5.53. The molecule has 3 heteroatoms. The number of fused-ring (bicyclic) bond motifs is 1. The third-order valence-corrected chi connectivity index (χ3v) is 7.39. The highest BCUT2D eigenvalue weighted by atomic mass is 79.9. The van der Waals surface area contributed by atoms with E-state index >= 15 is 0 Å². The average Bonchev–Trinajstić information content (AvgIpc) is 2.70. The lowest BCUT2D eigenvalue weighted by atomic mass is 9.52. The molecule has 0 N–H and O–H groups in total. The van der Waals surface area contributed by atoms with Crippen molar-refractivity contribution in [3.8, 4) is 5.75 Å². The van der Waals surface area contributed by atoms with Gasteiger partial charge in [0.25, 0.3) is 0 Å². The zero-order valence-corrected chi connectivity index (χ0v) is 17.9. The van der Waals surface area contributed by atoms with Crippen molar-refractivity contribution in [2.75, 3.05) is 13.7 Å². The Morgan fingerprint density at radius 1 is 1.07 bits per heavy atom. The summed E-state index contributed by atoms with van der Waals surface area (Å²) < 4.78 is 5.58. The predicted molar refractivity (Wildman–Crippen MR) is 116 cm³/mol. The standard InChI is InChI=1S/C24H29NO.BrH/c1-26-20-11-10-19-15-23-21-9-5-6-12-24(21,22(19)16-20)13-14-25(23)17-18-7-3-2-4-8-18;/h2-4,7-8,10-11,16,21,23H,5-6,9,12-15,17H2,1H3;1H/t21-,23-,24-;/m0./s1. The quantitative estimate of drug-likeness (QED) is 0.637. The highest BCUT2D eigenvalue weighted by Gasteiger charge is 2.53. The Kier molecular flexibility index (Phi) is 5.35. The SMILES string of the molecule is Br.COc1ccc2c(c1)[C@]13CCCC[C@H]1[C@H](C2)N(Cc1ccccc1)CC3. The van der Waals surface area contributed by atoms with Gasteiger partial charge in [0.05, 0.1) is 7.11 Å². The summed E-state index contributed by atoms with van der Waals surface area (Å²) in [5, 5.41) is 0. The van der Waals surface area contributed by atoms with Crippen LogP contribution in [-0.4, -0.2) is 24.6 Å². The monoisotopic (exact) mass is 427 g/mol. The summed E-state index contributed by atoms with van der Waals surface area (Å²) in [6.45, 7) is 2.33. The van der Waals surface area contributed by atoms with E-state index in [1.54, 1.807) is 18.2 Å². The molecule has 1 aliphatic heterocycles. The maximum atomic E-state index is 5.58. The third kappa shape index (κ3) is 3.13. The van der Waals surface area contributed by atoms with Crippen molar-refractivity contribution < 1.29 is 4.74 Å². The topological polar surface area (TPSA) is 12.5 Å². The molecule has 0 amide bonds. The van der Waals surface area contributed by atoms with Crippen LogP contribution in [0.4, 0.5) is 0 Å². The minimum atomic E-state index is 0. The van der Waals surface area contributed by atoms with Gasteiger partial charge >= 0.3 is 0 Å². The Morgan fingerprint density at radius 2 is 1.93 bits per heavy atom. The summed E-state index contributed by atoms with van der Waals surface area (Å²) in [6, 6.07) is 18.6. The van der Waals surface area contributed by atoms with Crippen LogP contribution in [0.2, 0.25) is 0 Å². The summed E-state index contributed by atoms with van der Waals surface area (Å²) in [5.41, 5.74) is 5.05. The molecule has 2 bridgehead atoms. The van der Waals surface area contributed by atoms with E-state index in [2.05, 4.69) is 53.4 Å². The largest absolute Gasteiger partial charge is 0.497 e. The lowest BCUT2D eigenvalue weighted by molar-refractivity contribution is -0.0157. The molecule has 2 aromatic carbocycles. The highest BCUT2D eigenvalue weighted by Crippen LogP contribution is 2.56. The average molecular weight is 428 g/mol. The molecule has 0 aromatic heterocycles. The van der Waals surface area contributed by atoms with Gasteiger partial charge in [-0.2, -0.15) is 0 Å². The number of ether oxygens (including phenoxy) is 1. The first-order valence-corrected chi connectivity index (χ1v) is 10.3. The van der Waals surface area contributed by atoms with E-state index in [0.29, 0.717) is 11.5 Å². The molecule has 27 heavy (non-hydrogen) atoms. The molecule has 0 radical (unpaired) electrons. The molecule has 0 spiro atoms. The number of methoxy groups -OCH3 is 1. The van der Waals surface area contributed by atoms with Crippen LogP contribution in [-0.2, 0) is 18.4 Å². The molecule has 2 aliphatic carbocycles. The smallest absolute Gasteiger partial charge is 0.119 e. The minimum Gasteiger partial charge on any atom is -0.497 e. The van der Waals surface area contributed by atoms with E-state index in [0.717, 1.165) is 18.2 Å². The number of benzene rings is 2. The van der Waals surface area contributed by atoms with E-state index in [-0.39, 0.29) is 17.0 Å².